The minimum atomic E-state index is -0.756. The zero-order valence-corrected chi connectivity index (χ0v) is 19.7. The third-order valence-electron chi connectivity index (χ3n) is 5.95. The molecule has 0 saturated carbocycles. The van der Waals surface area contributed by atoms with Gasteiger partial charge in [0.25, 0.3) is 0 Å². The summed E-state index contributed by atoms with van der Waals surface area (Å²) in [5.74, 6) is -0.0659. The molecule has 3 aromatic carbocycles. The fourth-order valence-corrected chi connectivity index (χ4v) is 4.86. The molecule has 168 valence electrons. The van der Waals surface area contributed by atoms with Crippen LogP contribution in [0.5, 0.6) is 5.75 Å². The summed E-state index contributed by atoms with van der Waals surface area (Å²) in [5.41, 5.74) is 3.52. The zero-order valence-electron chi connectivity index (χ0n) is 18.9. The van der Waals surface area contributed by atoms with E-state index in [4.69, 9.17) is 0 Å². The van der Waals surface area contributed by atoms with Gasteiger partial charge in [-0.25, -0.2) is 4.98 Å². The highest BCUT2D eigenvalue weighted by atomic mass is 32.1. The second kappa shape index (κ2) is 10.0. The van der Waals surface area contributed by atoms with Gasteiger partial charge in [-0.1, -0.05) is 86.6 Å². The molecule has 1 amide bonds. The molecule has 1 aromatic heterocycles. The number of amides is 1. The van der Waals surface area contributed by atoms with Gasteiger partial charge < -0.3 is 10.4 Å². The maximum absolute atomic E-state index is 13.5. The van der Waals surface area contributed by atoms with Crippen LogP contribution in [0.2, 0.25) is 0 Å². The highest BCUT2D eigenvalue weighted by Crippen LogP contribution is 2.42. The van der Waals surface area contributed by atoms with Crippen molar-refractivity contribution in [1.82, 2.24) is 4.98 Å². The molecular formula is C28H28N2O2S. The summed E-state index contributed by atoms with van der Waals surface area (Å²) in [6.07, 6.45) is 1.75. The zero-order chi connectivity index (χ0) is 23.3. The normalized spacial score (nSPS) is 12.3. The number of aryl methyl sites for hydroxylation is 2. The van der Waals surface area contributed by atoms with Gasteiger partial charge in [-0.2, -0.15) is 0 Å². The predicted molar refractivity (Wildman–Crippen MR) is 135 cm³/mol. The van der Waals surface area contributed by atoms with Crippen molar-refractivity contribution < 1.29 is 9.90 Å². The van der Waals surface area contributed by atoms with E-state index in [2.05, 4.69) is 22.4 Å². The van der Waals surface area contributed by atoms with E-state index in [0.29, 0.717) is 5.13 Å². The van der Waals surface area contributed by atoms with Crippen LogP contribution in [0.25, 0.3) is 0 Å². The van der Waals surface area contributed by atoms with E-state index in [-0.39, 0.29) is 17.6 Å². The minimum Gasteiger partial charge on any atom is -0.508 e. The molecule has 0 radical (unpaired) electrons. The Morgan fingerprint density at radius 3 is 2.18 bits per heavy atom. The number of hydrogen-bond donors (Lipinski definition) is 2. The summed E-state index contributed by atoms with van der Waals surface area (Å²) in [6, 6.07) is 27.4. The number of nitrogens with zero attached hydrogens (tertiary/aromatic N) is 1. The van der Waals surface area contributed by atoms with E-state index in [9.17, 15) is 9.90 Å². The first-order chi connectivity index (χ1) is 15.9. The van der Waals surface area contributed by atoms with Crippen molar-refractivity contribution in [3.05, 3.63) is 113 Å². The van der Waals surface area contributed by atoms with Gasteiger partial charge >= 0.3 is 0 Å². The topological polar surface area (TPSA) is 62.2 Å². The van der Waals surface area contributed by atoms with Crippen molar-refractivity contribution >= 4 is 22.4 Å². The SMILES string of the molecule is CC(C)(C(=O)Nc1nc(CCc2ccccc2)cs1)C(c1ccccc1)c1ccc(O)cc1. The Morgan fingerprint density at radius 2 is 1.52 bits per heavy atom. The Hall–Kier alpha value is -3.44. The highest BCUT2D eigenvalue weighted by molar-refractivity contribution is 7.13. The lowest BCUT2D eigenvalue weighted by Gasteiger charge is -2.33. The van der Waals surface area contributed by atoms with Crippen molar-refractivity contribution in [1.29, 1.82) is 0 Å². The second-order valence-electron chi connectivity index (χ2n) is 8.74. The summed E-state index contributed by atoms with van der Waals surface area (Å²) < 4.78 is 0. The van der Waals surface area contributed by atoms with Crippen LogP contribution >= 0.6 is 11.3 Å². The van der Waals surface area contributed by atoms with Gasteiger partial charge in [0.05, 0.1) is 11.1 Å². The number of aromatic nitrogens is 1. The number of phenols is 1. The number of aromatic hydroxyl groups is 1. The summed E-state index contributed by atoms with van der Waals surface area (Å²) >= 11 is 1.46. The van der Waals surface area contributed by atoms with Crippen LogP contribution in [0.3, 0.4) is 0 Å². The van der Waals surface area contributed by atoms with Crippen LogP contribution in [0.15, 0.2) is 90.3 Å². The van der Waals surface area contributed by atoms with Gasteiger partial charge in [0.15, 0.2) is 5.13 Å². The van der Waals surface area contributed by atoms with Crippen LogP contribution in [0.4, 0.5) is 5.13 Å². The molecule has 33 heavy (non-hydrogen) atoms. The van der Waals surface area contributed by atoms with Crippen molar-refractivity contribution in [3.63, 3.8) is 0 Å². The van der Waals surface area contributed by atoms with Gasteiger partial charge in [0.1, 0.15) is 5.75 Å². The lowest BCUT2D eigenvalue weighted by Crippen LogP contribution is -2.37. The molecule has 1 heterocycles. The summed E-state index contributed by atoms with van der Waals surface area (Å²) in [5, 5.41) is 15.4. The van der Waals surface area contributed by atoms with Gasteiger partial charge in [-0.05, 0) is 41.7 Å². The van der Waals surface area contributed by atoms with Crippen molar-refractivity contribution in [2.24, 2.45) is 5.41 Å². The first-order valence-electron chi connectivity index (χ1n) is 11.1. The molecule has 0 aliphatic carbocycles. The number of phenolic OH excluding ortho intramolecular Hbond substituents is 1. The molecule has 4 nitrogen and oxygen atoms in total. The minimum absolute atomic E-state index is 0.0895. The number of benzene rings is 3. The van der Waals surface area contributed by atoms with E-state index in [1.165, 1.54) is 16.9 Å². The molecule has 1 unspecified atom stereocenters. The summed E-state index contributed by atoms with van der Waals surface area (Å²) in [7, 11) is 0. The van der Waals surface area contributed by atoms with Crippen LogP contribution in [0, 0.1) is 5.41 Å². The predicted octanol–water partition coefficient (Wildman–Crippen LogP) is 6.43. The Kier molecular flexibility index (Phi) is 6.90. The quantitative estimate of drug-likeness (QED) is 0.321. The van der Waals surface area contributed by atoms with E-state index in [1.807, 2.05) is 79.9 Å². The maximum Gasteiger partial charge on any atom is 0.232 e. The standard InChI is InChI=1S/C28H28N2O2S/c1-28(2,25(21-11-7-4-8-12-21)22-14-17-24(31)18-15-22)26(32)30-27-29-23(19-33-27)16-13-20-9-5-3-6-10-20/h3-12,14-15,17-19,25,31H,13,16H2,1-2H3,(H,29,30,32). The van der Waals surface area contributed by atoms with Crippen molar-refractivity contribution in [2.75, 3.05) is 5.32 Å². The fraction of sp³-hybridized carbons (Fsp3) is 0.214. The number of anilines is 1. The Balaban J connectivity index is 1.52. The van der Waals surface area contributed by atoms with Crippen molar-refractivity contribution in [2.45, 2.75) is 32.6 Å². The molecule has 1 atom stereocenters. The fourth-order valence-electron chi connectivity index (χ4n) is 4.12. The second-order valence-corrected chi connectivity index (χ2v) is 9.60. The molecule has 4 aromatic rings. The molecule has 0 spiro atoms. The molecule has 0 aliphatic heterocycles. The maximum atomic E-state index is 13.5. The molecule has 0 aliphatic rings. The Morgan fingerprint density at radius 1 is 0.909 bits per heavy atom. The third-order valence-corrected chi connectivity index (χ3v) is 6.76. The van der Waals surface area contributed by atoms with Crippen LogP contribution in [-0.2, 0) is 17.6 Å². The molecule has 4 rings (SSSR count). The first kappa shape index (κ1) is 22.7. The number of carbonyl (C=O) groups is 1. The van der Waals surface area contributed by atoms with Crippen LogP contribution in [-0.4, -0.2) is 16.0 Å². The third kappa shape index (κ3) is 5.49. The monoisotopic (exact) mass is 456 g/mol. The molecular weight excluding hydrogens is 428 g/mol. The van der Waals surface area contributed by atoms with E-state index >= 15 is 0 Å². The Labute approximate surface area is 199 Å². The summed E-state index contributed by atoms with van der Waals surface area (Å²) in [6.45, 7) is 3.91. The van der Waals surface area contributed by atoms with Gasteiger partial charge in [-0.3, -0.25) is 4.79 Å². The van der Waals surface area contributed by atoms with Gasteiger partial charge in [-0.15, -0.1) is 11.3 Å². The lowest BCUT2D eigenvalue weighted by atomic mass is 9.70. The number of nitrogens with one attached hydrogen (secondary N) is 1. The molecule has 2 N–H and O–H groups in total. The van der Waals surface area contributed by atoms with Crippen LogP contribution in [0.1, 0.15) is 42.1 Å². The average molecular weight is 457 g/mol. The number of rotatable bonds is 8. The average Bonchev–Trinajstić information content (AvgIpc) is 3.28. The molecule has 0 bridgehead atoms. The largest absolute Gasteiger partial charge is 0.508 e. The molecule has 5 heteroatoms. The number of hydrogen-bond acceptors (Lipinski definition) is 4. The van der Waals surface area contributed by atoms with Gasteiger partial charge in [0.2, 0.25) is 5.91 Å². The van der Waals surface area contributed by atoms with E-state index < -0.39 is 5.41 Å². The van der Waals surface area contributed by atoms with Gasteiger partial charge in [0, 0.05) is 11.3 Å². The highest BCUT2D eigenvalue weighted by Gasteiger charge is 2.39. The first-order valence-corrected chi connectivity index (χ1v) is 11.9. The number of carbonyl (C=O) groups excluding carboxylic acids is 1. The summed E-state index contributed by atoms with van der Waals surface area (Å²) in [4.78, 5) is 18.1. The van der Waals surface area contributed by atoms with Crippen molar-refractivity contribution in [3.8, 4) is 5.75 Å². The molecule has 0 fully saturated rings. The smallest absolute Gasteiger partial charge is 0.232 e. The molecule has 0 saturated heterocycles. The number of thiazole rings is 1. The lowest BCUT2D eigenvalue weighted by molar-refractivity contribution is -0.124. The van der Waals surface area contributed by atoms with E-state index in [1.54, 1.807) is 12.1 Å². The van der Waals surface area contributed by atoms with E-state index in [0.717, 1.165) is 29.7 Å². The van der Waals surface area contributed by atoms with Crippen LogP contribution < -0.4 is 5.32 Å². The Bertz CT molecular complexity index is 1190.